The largest absolute Gasteiger partial charge is 0.472 e. The molecule has 102 valence electrons. The molecule has 0 amide bonds. The molecule has 1 atom stereocenters. The van der Waals surface area contributed by atoms with E-state index in [4.69, 9.17) is 4.42 Å². The van der Waals surface area contributed by atoms with Gasteiger partial charge in [-0.25, -0.2) is 0 Å². The van der Waals surface area contributed by atoms with Gasteiger partial charge < -0.3 is 9.73 Å². The average Bonchev–Trinajstić information content (AvgIpc) is 2.88. The van der Waals surface area contributed by atoms with Gasteiger partial charge in [-0.3, -0.25) is 4.90 Å². The molecule has 1 aliphatic rings. The van der Waals surface area contributed by atoms with Crippen molar-refractivity contribution >= 4 is 0 Å². The second-order valence-corrected chi connectivity index (χ2v) is 4.77. The number of rotatable bonds is 5. The molecule has 1 saturated heterocycles. The van der Waals surface area contributed by atoms with Crippen molar-refractivity contribution in [1.29, 1.82) is 0 Å². The first kappa shape index (κ1) is 13.4. The monoisotopic (exact) mass is 262 g/mol. The molecule has 1 aliphatic heterocycles. The Bertz CT molecular complexity index is 351. The molecule has 1 fully saturated rings. The summed E-state index contributed by atoms with van der Waals surface area (Å²) in [6.45, 7) is 1.73. The highest BCUT2D eigenvalue weighted by Crippen LogP contribution is 2.22. The molecule has 0 saturated carbocycles. The van der Waals surface area contributed by atoms with E-state index < -0.39 is 12.7 Å². The second-order valence-electron chi connectivity index (χ2n) is 4.77. The fourth-order valence-electron chi connectivity index (χ4n) is 2.29. The van der Waals surface area contributed by atoms with Crippen LogP contribution < -0.4 is 5.32 Å². The standard InChI is InChI=1S/C12H17F3N2O/c13-12(14,15)9-17-3-1-10(7-17)5-16-6-11-2-4-18-8-11/h2,4,8,10,16H,1,3,5-7,9H2. The maximum atomic E-state index is 12.2. The van der Waals surface area contributed by atoms with Gasteiger partial charge in [-0.1, -0.05) is 0 Å². The fourth-order valence-corrected chi connectivity index (χ4v) is 2.29. The van der Waals surface area contributed by atoms with Crippen molar-refractivity contribution in [1.82, 2.24) is 10.2 Å². The van der Waals surface area contributed by atoms with E-state index in [1.807, 2.05) is 6.07 Å². The van der Waals surface area contributed by atoms with E-state index in [0.717, 1.165) is 18.5 Å². The van der Waals surface area contributed by atoms with Crippen molar-refractivity contribution < 1.29 is 17.6 Å². The number of furan rings is 1. The van der Waals surface area contributed by atoms with Crippen molar-refractivity contribution in [3.63, 3.8) is 0 Å². The first-order chi connectivity index (χ1) is 8.53. The van der Waals surface area contributed by atoms with Crippen LogP contribution in [0.3, 0.4) is 0 Å². The van der Waals surface area contributed by atoms with Gasteiger partial charge in [0.25, 0.3) is 0 Å². The number of halogens is 3. The van der Waals surface area contributed by atoms with Gasteiger partial charge in [0.05, 0.1) is 19.1 Å². The summed E-state index contributed by atoms with van der Waals surface area (Å²) in [6, 6.07) is 1.87. The first-order valence-corrected chi connectivity index (χ1v) is 6.04. The summed E-state index contributed by atoms with van der Waals surface area (Å²) >= 11 is 0. The summed E-state index contributed by atoms with van der Waals surface area (Å²) in [5.74, 6) is 0.305. The van der Waals surface area contributed by atoms with Crippen LogP contribution in [0.5, 0.6) is 0 Å². The van der Waals surface area contributed by atoms with E-state index >= 15 is 0 Å². The predicted octanol–water partition coefficient (Wildman–Crippen LogP) is 2.25. The fraction of sp³-hybridized carbons (Fsp3) is 0.667. The van der Waals surface area contributed by atoms with Gasteiger partial charge in [0, 0.05) is 18.7 Å². The third kappa shape index (κ3) is 4.34. The van der Waals surface area contributed by atoms with Crippen LogP contribution in [0, 0.1) is 5.92 Å². The smallest absolute Gasteiger partial charge is 0.401 e. The minimum atomic E-state index is -4.08. The Morgan fingerprint density at radius 2 is 2.28 bits per heavy atom. The lowest BCUT2D eigenvalue weighted by molar-refractivity contribution is -0.143. The molecule has 1 aromatic heterocycles. The summed E-state index contributed by atoms with van der Waals surface area (Å²) in [5, 5.41) is 3.25. The topological polar surface area (TPSA) is 28.4 Å². The summed E-state index contributed by atoms with van der Waals surface area (Å²) in [7, 11) is 0. The Hall–Kier alpha value is -1.01. The Balaban J connectivity index is 1.64. The van der Waals surface area contributed by atoms with Crippen LogP contribution >= 0.6 is 0 Å². The number of nitrogens with zero attached hydrogens (tertiary/aromatic N) is 1. The zero-order valence-electron chi connectivity index (χ0n) is 10.0. The number of alkyl halides is 3. The van der Waals surface area contributed by atoms with Gasteiger partial charge in [0.15, 0.2) is 0 Å². The van der Waals surface area contributed by atoms with Crippen molar-refractivity contribution in [2.24, 2.45) is 5.92 Å². The van der Waals surface area contributed by atoms with Crippen LogP contribution in [0.4, 0.5) is 13.2 Å². The van der Waals surface area contributed by atoms with Crippen molar-refractivity contribution in [3.05, 3.63) is 24.2 Å². The first-order valence-electron chi connectivity index (χ1n) is 6.04. The molecule has 6 heteroatoms. The number of likely N-dealkylation sites (tertiary alicyclic amines) is 1. The molecule has 0 bridgehead atoms. The SMILES string of the molecule is FC(F)(F)CN1CCC(CNCc2ccoc2)C1. The quantitative estimate of drug-likeness (QED) is 0.882. The summed E-state index contributed by atoms with van der Waals surface area (Å²) in [4.78, 5) is 1.48. The maximum Gasteiger partial charge on any atom is 0.401 e. The minimum Gasteiger partial charge on any atom is -0.472 e. The predicted molar refractivity (Wildman–Crippen MR) is 61.0 cm³/mol. The Morgan fingerprint density at radius 1 is 1.44 bits per heavy atom. The third-order valence-electron chi connectivity index (χ3n) is 3.12. The van der Waals surface area contributed by atoms with E-state index in [-0.39, 0.29) is 0 Å². The van der Waals surface area contributed by atoms with Crippen molar-refractivity contribution in [2.75, 3.05) is 26.2 Å². The lowest BCUT2D eigenvalue weighted by Crippen LogP contribution is -2.33. The van der Waals surface area contributed by atoms with E-state index in [9.17, 15) is 13.2 Å². The van der Waals surface area contributed by atoms with Crippen LogP contribution in [0.15, 0.2) is 23.0 Å². The maximum absolute atomic E-state index is 12.2. The third-order valence-corrected chi connectivity index (χ3v) is 3.12. The van der Waals surface area contributed by atoms with E-state index in [1.165, 1.54) is 4.90 Å². The minimum absolute atomic E-state index is 0.305. The molecule has 2 heterocycles. The molecular weight excluding hydrogens is 245 g/mol. The van der Waals surface area contributed by atoms with Crippen molar-refractivity contribution in [3.8, 4) is 0 Å². The number of hydrogen-bond donors (Lipinski definition) is 1. The van der Waals surface area contributed by atoms with Crippen LogP contribution in [0.25, 0.3) is 0 Å². The molecule has 1 unspecified atom stereocenters. The van der Waals surface area contributed by atoms with E-state index in [1.54, 1.807) is 12.5 Å². The number of hydrogen-bond acceptors (Lipinski definition) is 3. The summed E-state index contributed by atoms with van der Waals surface area (Å²) in [6.07, 6.45) is 0.0167. The Labute approximate surface area is 104 Å². The second kappa shape index (κ2) is 5.75. The molecule has 0 spiro atoms. The van der Waals surface area contributed by atoms with Gasteiger partial charge in [0.1, 0.15) is 0 Å². The highest BCUT2D eigenvalue weighted by atomic mass is 19.4. The van der Waals surface area contributed by atoms with Crippen LogP contribution in [-0.2, 0) is 6.54 Å². The van der Waals surface area contributed by atoms with Crippen LogP contribution in [0.2, 0.25) is 0 Å². The van der Waals surface area contributed by atoms with E-state index in [2.05, 4.69) is 5.32 Å². The highest BCUT2D eigenvalue weighted by molar-refractivity contribution is 5.04. The van der Waals surface area contributed by atoms with Crippen LogP contribution in [0.1, 0.15) is 12.0 Å². The van der Waals surface area contributed by atoms with E-state index in [0.29, 0.717) is 25.6 Å². The van der Waals surface area contributed by atoms with Gasteiger partial charge >= 0.3 is 6.18 Å². The summed E-state index contributed by atoms with van der Waals surface area (Å²) < 4.78 is 41.5. The van der Waals surface area contributed by atoms with Gasteiger partial charge in [-0.15, -0.1) is 0 Å². The van der Waals surface area contributed by atoms with Gasteiger partial charge in [-0.05, 0) is 31.5 Å². The molecule has 3 nitrogen and oxygen atoms in total. The number of nitrogens with one attached hydrogen (secondary N) is 1. The normalized spacial score (nSPS) is 21.6. The lowest BCUT2D eigenvalue weighted by atomic mass is 10.1. The molecular formula is C12H17F3N2O. The molecule has 18 heavy (non-hydrogen) atoms. The zero-order valence-corrected chi connectivity index (χ0v) is 10.0. The highest BCUT2D eigenvalue weighted by Gasteiger charge is 2.34. The van der Waals surface area contributed by atoms with Crippen molar-refractivity contribution in [2.45, 2.75) is 19.1 Å². The zero-order chi connectivity index (χ0) is 13.0. The van der Waals surface area contributed by atoms with Gasteiger partial charge in [-0.2, -0.15) is 13.2 Å². The molecule has 0 radical (unpaired) electrons. The molecule has 0 aromatic carbocycles. The average molecular weight is 262 g/mol. The lowest BCUT2D eigenvalue weighted by Gasteiger charge is -2.17. The molecule has 2 rings (SSSR count). The van der Waals surface area contributed by atoms with Crippen LogP contribution in [-0.4, -0.2) is 37.3 Å². The van der Waals surface area contributed by atoms with Gasteiger partial charge in [0.2, 0.25) is 0 Å². The molecule has 0 aliphatic carbocycles. The summed E-state index contributed by atoms with van der Waals surface area (Å²) in [5.41, 5.74) is 1.06. The molecule has 1 aromatic rings. The Morgan fingerprint density at radius 3 is 2.94 bits per heavy atom. The Kier molecular flexibility index (Phi) is 4.29. The molecule has 1 N–H and O–H groups in total.